The predicted molar refractivity (Wildman–Crippen MR) is 76.9 cm³/mol. The molecule has 1 aliphatic heterocycles. The number of hydrogen-bond acceptors (Lipinski definition) is 3. The smallest absolute Gasteiger partial charge is 0.317 e. The van der Waals surface area contributed by atoms with Crippen LogP contribution >= 0.6 is 0 Å². The molecule has 6 heteroatoms. The molecule has 1 N–H and O–H groups in total. The highest BCUT2D eigenvalue weighted by Crippen LogP contribution is 2.27. The Morgan fingerprint density at radius 2 is 2.19 bits per heavy atom. The Labute approximate surface area is 124 Å². The van der Waals surface area contributed by atoms with E-state index in [9.17, 15) is 9.59 Å². The Morgan fingerprint density at radius 1 is 1.38 bits per heavy atom. The second kappa shape index (κ2) is 5.79. The van der Waals surface area contributed by atoms with Crippen molar-refractivity contribution >= 4 is 11.9 Å². The normalized spacial score (nSPS) is 22.2. The van der Waals surface area contributed by atoms with Crippen LogP contribution in [-0.4, -0.2) is 54.0 Å². The number of rotatable bonds is 3. The zero-order valence-corrected chi connectivity index (χ0v) is 12.2. The lowest BCUT2D eigenvalue weighted by molar-refractivity contribution is 0.0579. The molecule has 1 aliphatic carbocycles. The lowest BCUT2D eigenvalue weighted by Gasteiger charge is -2.39. The molecule has 6 nitrogen and oxygen atoms in total. The highest BCUT2D eigenvalue weighted by molar-refractivity contribution is 5.94. The maximum Gasteiger partial charge on any atom is 0.317 e. The Kier molecular flexibility index (Phi) is 3.86. The largest absolute Gasteiger partial charge is 0.472 e. The first-order chi connectivity index (χ1) is 10.1. The molecule has 1 atom stereocenters. The molecule has 0 bridgehead atoms. The van der Waals surface area contributed by atoms with Crippen LogP contribution in [0.1, 0.15) is 30.1 Å². The maximum atomic E-state index is 12.3. The molecule has 2 aliphatic rings. The van der Waals surface area contributed by atoms with Crippen LogP contribution < -0.4 is 5.32 Å². The molecule has 1 aromatic heterocycles. The van der Waals surface area contributed by atoms with Crippen molar-refractivity contribution in [3.05, 3.63) is 24.2 Å². The molecule has 0 aromatic carbocycles. The van der Waals surface area contributed by atoms with Gasteiger partial charge in [0.25, 0.3) is 5.91 Å². The summed E-state index contributed by atoms with van der Waals surface area (Å²) in [5, 5.41) is 2.98. The third-order valence-corrected chi connectivity index (χ3v) is 4.18. The molecular formula is C15H21N3O3. The monoisotopic (exact) mass is 291 g/mol. The summed E-state index contributed by atoms with van der Waals surface area (Å²) in [5.74, 6) is 0.641. The number of carbonyl (C=O) groups excluding carboxylic acids is 2. The molecule has 2 fully saturated rings. The minimum absolute atomic E-state index is 0.00944. The van der Waals surface area contributed by atoms with Gasteiger partial charge in [-0.1, -0.05) is 0 Å². The first kappa shape index (κ1) is 14.0. The van der Waals surface area contributed by atoms with E-state index in [0.717, 1.165) is 6.54 Å². The molecule has 114 valence electrons. The third-order valence-electron chi connectivity index (χ3n) is 4.18. The van der Waals surface area contributed by atoms with Gasteiger partial charge < -0.3 is 19.5 Å². The number of furan rings is 1. The van der Waals surface area contributed by atoms with E-state index >= 15 is 0 Å². The molecule has 21 heavy (non-hydrogen) atoms. The summed E-state index contributed by atoms with van der Waals surface area (Å²) in [7, 11) is 0. The molecule has 2 heterocycles. The van der Waals surface area contributed by atoms with Gasteiger partial charge in [-0.05, 0) is 31.7 Å². The zero-order chi connectivity index (χ0) is 14.8. The number of amides is 3. The van der Waals surface area contributed by atoms with E-state index in [1.54, 1.807) is 11.0 Å². The molecule has 1 unspecified atom stereocenters. The molecular weight excluding hydrogens is 270 g/mol. The number of carbonyl (C=O) groups is 2. The molecule has 1 saturated carbocycles. The van der Waals surface area contributed by atoms with E-state index < -0.39 is 0 Å². The highest BCUT2D eigenvalue weighted by atomic mass is 16.3. The Bertz CT molecular complexity index is 510. The Hall–Kier alpha value is -1.98. The van der Waals surface area contributed by atoms with Gasteiger partial charge in [0.1, 0.15) is 6.26 Å². The number of nitrogens with one attached hydrogen (secondary N) is 1. The van der Waals surface area contributed by atoms with E-state index in [-0.39, 0.29) is 18.0 Å². The molecule has 1 aromatic rings. The van der Waals surface area contributed by atoms with Gasteiger partial charge in [-0.15, -0.1) is 0 Å². The van der Waals surface area contributed by atoms with Crippen molar-refractivity contribution in [3.63, 3.8) is 0 Å². The van der Waals surface area contributed by atoms with Crippen LogP contribution in [0.2, 0.25) is 0 Å². The lowest BCUT2D eigenvalue weighted by Crippen LogP contribution is -2.57. The number of nitrogens with zero attached hydrogens (tertiary/aromatic N) is 2. The third kappa shape index (κ3) is 3.20. The summed E-state index contributed by atoms with van der Waals surface area (Å²) in [4.78, 5) is 28.0. The topological polar surface area (TPSA) is 65.8 Å². The quantitative estimate of drug-likeness (QED) is 0.918. The fourth-order valence-corrected chi connectivity index (χ4v) is 2.67. The second-order valence-corrected chi connectivity index (χ2v) is 5.94. The zero-order valence-electron chi connectivity index (χ0n) is 12.2. The Balaban J connectivity index is 1.53. The van der Waals surface area contributed by atoms with E-state index in [1.165, 1.54) is 25.4 Å². The first-order valence-corrected chi connectivity index (χ1v) is 7.51. The summed E-state index contributed by atoms with van der Waals surface area (Å²) in [6, 6.07) is 1.68. The van der Waals surface area contributed by atoms with Crippen molar-refractivity contribution in [1.29, 1.82) is 0 Å². The van der Waals surface area contributed by atoms with E-state index in [0.29, 0.717) is 31.1 Å². The summed E-state index contributed by atoms with van der Waals surface area (Å²) >= 11 is 0. The van der Waals surface area contributed by atoms with Crippen molar-refractivity contribution in [2.45, 2.75) is 25.8 Å². The average molecular weight is 291 g/mol. The van der Waals surface area contributed by atoms with Crippen LogP contribution in [0, 0.1) is 5.92 Å². The van der Waals surface area contributed by atoms with Gasteiger partial charge >= 0.3 is 6.03 Å². The van der Waals surface area contributed by atoms with Crippen LogP contribution in [0.4, 0.5) is 4.79 Å². The Morgan fingerprint density at radius 3 is 2.81 bits per heavy atom. The van der Waals surface area contributed by atoms with Crippen LogP contribution in [-0.2, 0) is 0 Å². The van der Waals surface area contributed by atoms with Gasteiger partial charge in [0.2, 0.25) is 0 Å². The molecule has 0 spiro atoms. The summed E-state index contributed by atoms with van der Waals surface area (Å²) in [5.41, 5.74) is 0.564. The molecule has 1 saturated heterocycles. The molecule has 3 amide bonds. The number of urea groups is 1. The van der Waals surface area contributed by atoms with Crippen molar-refractivity contribution in [1.82, 2.24) is 15.1 Å². The number of hydrogen-bond donors (Lipinski definition) is 1. The highest BCUT2D eigenvalue weighted by Gasteiger charge is 2.31. The lowest BCUT2D eigenvalue weighted by atomic mass is 10.1. The van der Waals surface area contributed by atoms with Crippen molar-refractivity contribution in [2.24, 2.45) is 5.92 Å². The van der Waals surface area contributed by atoms with Gasteiger partial charge in [-0.3, -0.25) is 4.79 Å². The van der Waals surface area contributed by atoms with Crippen LogP contribution in [0.25, 0.3) is 0 Å². The van der Waals surface area contributed by atoms with Gasteiger partial charge in [-0.25, -0.2) is 4.79 Å². The van der Waals surface area contributed by atoms with Gasteiger partial charge in [0, 0.05) is 32.2 Å². The number of piperazine rings is 1. The summed E-state index contributed by atoms with van der Waals surface area (Å²) in [6.07, 6.45) is 5.41. The van der Waals surface area contributed by atoms with Crippen LogP contribution in [0.15, 0.2) is 23.0 Å². The van der Waals surface area contributed by atoms with Gasteiger partial charge in [0.15, 0.2) is 0 Å². The molecule has 3 rings (SSSR count). The summed E-state index contributed by atoms with van der Waals surface area (Å²) < 4.78 is 4.95. The van der Waals surface area contributed by atoms with Crippen LogP contribution in [0.5, 0.6) is 0 Å². The first-order valence-electron chi connectivity index (χ1n) is 7.51. The van der Waals surface area contributed by atoms with Gasteiger partial charge in [-0.2, -0.15) is 0 Å². The fourth-order valence-electron chi connectivity index (χ4n) is 2.67. The average Bonchev–Trinajstić information content (AvgIpc) is 3.15. The van der Waals surface area contributed by atoms with Crippen molar-refractivity contribution < 1.29 is 14.0 Å². The van der Waals surface area contributed by atoms with E-state index in [2.05, 4.69) is 5.32 Å². The SMILES string of the molecule is CC1CN(C(=O)c2ccoc2)CCN1C(=O)NCC1CC1. The van der Waals surface area contributed by atoms with E-state index in [4.69, 9.17) is 4.42 Å². The van der Waals surface area contributed by atoms with Crippen molar-refractivity contribution in [2.75, 3.05) is 26.2 Å². The van der Waals surface area contributed by atoms with Gasteiger partial charge in [0.05, 0.1) is 11.8 Å². The molecule has 0 radical (unpaired) electrons. The standard InChI is InChI=1S/C15H21N3O3/c1-11-9-17(14(19)13-4-7-21-10-13)5-6-18(11)15(20)16-8-12-2-3-12/h4,7,10-12H,2-3,5-6,8-9H2,1H3,(H,16,20). The summed E-state index contributed by atoms with van der Waals surface area (Å²) in [6.45, 7) is 4.44. The minimum atomic E-state index is -0.0337. The second-order valence-electron chi connectivity index (χ2n) is 5.94. The minimum Gasteiger partial charge on any atom is -0.472 e. The predicted octanol–water partition coefficient (Wildman–Crippen LogP) is 1.55. The fraction of sp³-hybridized carbons (Fsp3) is 0.600. The van der Waals surface area contributed by atoms with Crippen molar-refractivity contribution in [3.8, 4) is 0 Å². The van der Waals surface area contributed by atoms with Crippen LogP contribution in [0.3, 0.4) is 0 Å². The maximum absolute atomic E-state index is 12.3. The van der Waals surface area contributed by atoms with E-state index in [1.807, 2.05) is 11.8 Å².